The van der Waals surface area contributed by atoms with Crippen molar-refractivity contribution >= 4 is 17.3 Å². The number of benzene rings is 1. The van der Waals surface area contributed by atoms with Crippen LogP contribution < -0.4 is 4.90 Å². The predicted octanol–water partition coefficient (Wildman–Crippen LogP) is 1.28. The Morgan fingerprint density at radius 3 is 2.68 bits per heavy atom. The lowest BCUT2D eigenvalue weighted by Crippen LogP contribution is -2.28. The largest absolute Gasteiger partial charge is 0.478 e. The summed E-state index contributed by atoms with van der Waals surface area (Å²) in [6, 6.07) is 3.60. The zero-order valence-electron chi connectivity index (χ0n) is 10.2. The lowest BCUT2D eigenvalue weighted by atomic mass is 10.1. The molecule has 0 aliphatic rings. The number of nitro benzene ring substituents is 1. The summed E-state index contributed by atoms with van der Waals surface area (Å²) in [7, 11) is 0. The molecule has 0 atom stereocenters. The highest BCUT2D eigenvalue weighted by molar-refractivity contribution is 5.95. The molecule has 0 saturated heterocycles. The van der Waals surface area contributed by atoms with Gasteiger partial charge in [-0.05, 0) is 6.07 Å². The third-order valence-corrected chi connectivity index (χ3v) is 2.48. The highest BCUT2D eigenvalue weighted by Gasteiger charge is 2.19. The molecule has 7 heteroatoms. The van der Waals surface area contributed by atoms with Crippen LogP contribution in [0, 0.1) is 10.1 Å². The first-order valence-corrected chi connectivity index (χ1v) is 5.49. The second-order valence-corrected chi connectivity index (χ2v) is 3.72. The highest BCUT2D eigenvalue weighted by atomic mass is 16.6. The summed E-state index contributed by atoms with van der Waals surface area (Å²) in [6.45, 7) is 3.93. The number of hydrogen-bond acceptors (Lipinski definition) is 5. The summed E-state index contributed by atoms with van der Waals surface area (Å²) < 4.78 is 0. The molecule has 0 spiro atoms. The van der Waals surface area contributed by atoms with Gasteiger partial charge in [-0.15, -0.1) is 6.58 Å². The third kappa shape index (κ3) is 3.52. The Hall–Kier alpha value is -2.41. The van der Waals surface area contributed by atoms with E-state index in [1.54, 1.807) is 11.0 Å². The maximum absolute atomic E-state index is 11.2. The first-order valence-electron chi connectivity index (χ1n) is 5.49. The van der Waals surface area contributed by atoms with E-state index in [4.69, 9.17) is 10.2 Å². The molecule has 0 heterocycles. The monoisotopic (exact) mass is 266 g/mol. The number of nitro groups is 1. The first kappa shape index (κ1) is 14.7. The molecule has 0 amide bonds. The Bertz CT molecular complexity index is 501. The van der Waals surface area contributed by atoms with Crippen LogP contribution in [0.1, 0.15) is 10.4 Å². The van der Waals surface area contributed by atoms with Gasteiger partial charge in [0.25, 0.3) is 5.69 Å². The van der Waals surface area contributed by atoms with E-state index in [0.717, 1.165) is 6.07 Å². The van der Waals surface area contributed by atoms with Crippen molar-refractivity contribution in [3.05, 3.63) is 46.5 Å². The van der Waals surface area contributed by atoms with E-state index >= 15 is 0 Å². The van der Waals surface area contributed by atoms with Crippen molar-refractivity contribution in [1.29, 1.82) is 0 Å². The quantitative estimate of drug-likeness (QED) is 0.437. The first-order chi connectivity index (χ1) is 9.01. The van der Waals surface area contributed by atoms with E-state index < -0.39 is 10.9 Å². The van der Waals surface area contributed by atoms with Gasteiger partial charge < -0.3 is 15.1 Å². The fraction of sp³-hybridized carbons (Fsp3) is 0.250. The average Bonchev–Trinajstić information content (AvgIpc) is 2.37. The van der Waals surface area contributed by atoms with E-state index in [0.29, 0.717) is 12.2 Å². The normalized spacial score (nSPS) is 9.95. The minimum atomic E-state index is -1.26. The number of aromatic carboxylic acids is 1. The number of rotatable bonds is 7. The van der Waals surface area contributed by atoms with Crippen LogP contribution >= 0.6 is 0 Å². The van der Waals surface area contributed by atoms with Crippen LogP contribution in [0.3, 0.4) is 0 Å². The fourth-order valence-electron chi connectivity index (χ4n) is 1.67. The lowest BCUT2D eigenvalue weighted by molar-refractivity contribution is -0.384. The topological polar surface area (TPSA) is 104 Å². The number of nitrogens with zero attached hydrogens (tertiary/aromatic N) is 2. The molecule has 0 saturated carbocycles. The fourth-order valence-corrected chi connectivity index (χ4v) is 1.67. The summed E-state index contributed by atoms with van der Waals surface area (Å²) in [5, 5.41) is 28.7. The van der Waals surface area contributed by atoms with Gasteiger partial charge in [0.2, 0.25) is 0 Å². The zero-order valence-corrected chi connectivity index (χ0v) is 10.2. The Balaban J connectivity index is 3.27. The zero-order chi connectivity index (χ0) is 14.4. The van der Waals surface area contributed by atoms with E-state index in [9.17, 15) is 14.9 Å². The summed E-state index contributed by atoms with van der Waals surface area (Å²) >= 11 is 0. The van der Waals surface area contributed by atoms with Crippen LogP contribution in [0.25, 0.3) is 0 Å². The molecule has 1 aromatic carbocycles. The second-order valence-electron chi connectivity index (χ2n) is 3.72. The minimum absolute atomic E-state index is 0.163. The van der Waals surface area contributed by atoms with Crippen molar-refractivity contribution in [1.82, 2.24) is 0 Å². The molecule has 0 aromatic heterocycles. The van der Waals surface area contributed by atoms with Gasteiger partial charge in [0.15, 0.2) is 0 Å². The van der Waals surface area contributed by atoms with Gasteiger partial charge in [-0.1, -0.05) is 6.08 Å². The maximum Gasteiger partial charge on any atom is 0.338 e. The van der Waals surface area contributed by atoms with Crippen LogP contribution in [0.15, 0.2) is 30.9 Å². The molecule has 0 aliphatic carbocycles. The molecule has 1 rings (SSSR count). The SMILES string of the molecule is C=CCN(CCO)c1ccc([N+](=O)[O-])cc1C(=O)O. The number of carboxylic acids is 1. The van der Waals surface area contributed by atoms with Crippen LogP contribution in [-0.2, 0) is 0 Å². The highest BCUT2D eigenvalue weighted by Crippen LogP contribution is 2.25. The van der Waals surface area contributed by atoms with Crippen molar-refractivity contribution in [3.63, 3.8) is 0 Å². The maximum atomic E-state index is 11.2. The lowest BCUT2D eigenvalue weighted by Gasteiger charge is -2.23. The molecule has 102 valence electrons. The van der Waals surface area contributed by atoms with E-state index in [1.165, 1.54) is 12.1 Å². The van der Waals surface area contributed by atoms with Gasteiger partial charge in [-0.3, -0.25) is 10.1 Å². The number of carboxylic acid groups (broad SMARTS) is 1. The Morgan fingerprint density at radius 2 is 2.21 bits per heavy atom. The molecule has 0 aliphatic heterocycles. The number of carbonyl (C=O) groups is 1. The van der Waals surface area contributed by atoms with Crippen LogP contribution in [0.5, 0.6) is 0 Å². The van der Waals surface area contributed by atoms with E-state index in [1.807, 2.05) is 0 Å². The molecule has 2 N–H and O–H groups in total. The summed E-state index contributed by atoms with van der Waals surface area (Å²) in [4.78, 5) is 22.8. The van der Waals surface area contributed by atoms with Crippen molar-refractivity contribution in [3.8, 4) is 0 Å². The van der Waals surface area contributed by atoms with Gasteiger partial charge in [-0.2, -0.15) is 0 Å². The molecule has 1 aromatic rings. The molecular weight excluding hydrogens is 252 g/mol. The van der Waals surface area contributed by atoms with E-state index in [-0.39, 0.29) is 24.4 Å². The third-order valence-electron chi connectivity index (χ3n) is 2.48. The Labute approximate surface area is 109 Å². The standard InChI is InChI=1S/C12H14N2O5/c1-2-5-13(6-7-15)11-4-3-9(14(18)19)8-10(11)12(16)17/h2-4,8,15H,1,5-7H2,(H,16,17). The second kappa shape index (κ2) is 6.50. The minimum Gasteiger partial charge on any atom is -0.478 e. The molecule has 0 radical (unpaired) electrons. The van der Waals surface area contributed by atoms with Gasteiger partial charge in [-0.25, -0.2) is 4.79 Å². The van der Waals surface area contributed by atoms with Gasteiger partial charge >= 0.3 is 5.97 Å². The van der Waals surface area contributed by atoms with Crippen LogP contribution in [0.2, 0.25) is 0 Å². The number of hydrogen-bond donors (Lipinski definition) is 2. The Morgan fingerprint density at radius 1 is 1.53 bits per heavy atom. The van der Waals surface area contributed by atoms with Crippen molar-refractivity contribution in [2.75, 3.05) is 24.6 Å². The van der Waals surface area contributed by atoms with Crippen molar-refractivity contribution in [2.45, 2.75) is 0 Å². The molecular formula is C12H14N2O5. The molecule has 0 unspecified atom stereocenters. The Kier molecular flexibility index (Phi) is 5.01. The van der Waals surface area contributed by atoms with Crippen molar-refractivity contribution < 1.29 is 19.9 Å². The van der Waals surface area contributed by atoms with Gasteiger partial charge in [0.1, 0.15) is 0 Å². The van der Waals surface area contributed by atoms with Gasteiger partial charge in [0, 0.05) is 25.2 Å². The van der Waals surface area contributed by atoms with E-state index in [2.05, 4.69) is 6.58 Å². The number of aliphatic hydroxyl groups excluding tert-OH is 1. The number of anilines is 1. The molecule has 0 bridgehead atoms. The van der Waals surface area contributed by atoms with Gasteiger partial charge in [0.05, 0.1) is 22.8 Å². The summed E-state index contributed by atoms with van der Waals surface area (Å²) in [5.74, 6) is -1.26. The number of aliphatic hydroxyl groups is 1. The molecule has 7 nitrogen and oxygen atoms in total. The predicted molar refractivity (Wildman–Crippen MR) is 69.6 cm³/mol. The molecule has 0 fully saturated rings. The molecule has 19 heavy (non-hydrogen) atoms. The smallest absolute Gasteiger partial charge is 0.338 e. The average molecular weight is 266 g/mol. The number of non-ortho nitro benzene ring substituents is 1. The van der Waals surface area contributed by atoms with Crippen LogP contribution in [-0.4, -0.2) is 40.8 Å². The summed E-state index contributed by atoms with van der Waals surface area (Å²) in [5.41, 5.74) is -0.153. The van der Waals surface area contributed by atoms with Crippen molar-refractivity contribution in [2.24, 2.45) is 0 Å². The summed E-state index contributed by atoms with van der Waals surface area (Å²) in [6.07, 6.45) is 1.56. The van der Waals surface area contributed by atoms with Crippen LogP contribution in [0.4, 0.5) is 11.4 Å².